The van der Waals surface area contributed by atoms with E-state index in [1.807, 2.05) is 0 Å². The Morgan fingerprint density at radius 2 is 0.549 bits per heavy atom. The van der Waals surface area contributed by atoms with Crippen LogP contribution in [0.2, 0.25) is 0 Å². The topological polar surface area (TPSA) is 78.9 Å². The van der Waals surface area contributed by atoms with E-state index in [1.54, 1.807) is 0 Å². The number of hydrogen-bond donors (Lipinski definition) is 0. The van der Waals surface area contributed by atoms with Gasteiger partial charge in [0.05, 0.1) is 0 Å². The summed E-state index contributed by atoms with van der Waals surface area (Å²) in [5, 5.41) is 0. The summed E-state index contributed by atoms with van der Waals surface area (Å²) in [7, 11) is 0. The Hall–Kier alpha value is -3.15. The smallest absolute Gasteiger partial charge is 0.306 e. The summed E-state index contributed by atoms with van der Waals surface area (Å²) in [4.78, 5) is 38.2. The minimum Gasteiger partial charge on any atom is -0.462 e. The molecule has 0 N–H and O–H groups in total. The van der Waals surface area contributed by atoms with Gasteiger partial charge in [-0.15, -0.1) is 0 Å². The van der Waals surface area contributed by atoms with E-state index in [0.29, 0.717) is 19.3 Å². The Balaban J connectivity index is 4.34. The average Bonchev–Trinajstić information content (AvgIpc) is 3.37. The number of carbonyl (C=O) groups excluding carboxylic acids is 3. The fourth-order valence-corrected chi connectivity index (χ4v) is 8.64. The molecule has 0 heterocycles. The second-order valence-corrected chi connectivity index (χ2v) is 20.2. The van der Waals surface area contributed by atoms with Gasteiger partial charge >= 0.3 is 17.9 Å². The molecule has 0 saturated heterocycles. The molecular weight excluding hydrogens is 877 g/mol. The Bertz CT molecular complexity index is 1320. The molecule has 6 heteroatoms. The minimum absolute atomic E-state index is 0.0779. The zero-order chi connectivity index (χ0) is 51.4. The maximum absolute atomic E-state index is 12.9. The monoisotopic (exact) mass is 991 g/mol. The summed E-state index contributed by atoms with van der Waals surface area (Å²) in [6, 6.07) is 0. The van der Waals surface area contributed by atoms with Crippen LogP contribution in [0, 0.1) is 0 Å². The predicted octanol–water partition coefficient (Wildman–Crippen LogP) is 20.5. The molecule has 0 radical (unpaired) electrons. The van der Waals surface area contributed by atoms with Crippen LogP contribution in [-0.2, 0) is 28.6 Å². The van der Waals surface area contributed by atoms with Crippen LogP contribution < -0.4 is 0 Å². The lowest BCUT2D eigenvalue weighted by atomic mass is 10.0. The average molecular weight is 992 g/mol. The Kier molecular flexibility index (Phi) is 56.8. The van der Waals surface area contributed by atoms with Gasteiger partial charge in [-0.25, -0.2) is 0 Å². The number of ether oxygens (including phenoxy) is 3. The number of unbranched alkanes of at least 4 members (excludes halogenated alkanes) is 32. The second-order valence-electron chi connectivity index (χ2n) is 20.2. The Morgan fingerprint density at radius 3 is 0.873 bits per heavy atom. The maximum atomic E-state index is 12.9. The lowest BCUT2D eigenvalue weighted by molar-refractivity contribution is -0.167. The molecule has 0 aromatic rings. The molecule has 0 fully saturated rings. The highest BCUT2D eigenvalue weighted by molar-refractivity contribution is 5.71. The van der Waals surface area contributed by atoms with Gasteiger partial charge in [-0.2, -0.15) is 0 Å². The molecule has 0 bridgehead atoms. The van der Waals surface area contributed by atoms with Gasteiger partial charge in [0.15, 0.2) is 6.10 Å². The molecule has 6 nitrogen and oxygen atoms in total. The van der Waals surface area contributed by atoms with Gasteiger partial charge in [0.25, 0.3) is 0 Å². The van der Waals surface area contributed by atoms with Gasteiger partial charge in [0.2, 0.25) is 0 Å². The minimum atomic E-state index is -0.781. The molecule has 0 aromatic heterocycles. The molecular formula is C65H114O6. The van der Waals surface area contributed by atoms with Crippen molar-refractivity contribution in [2.45, 2.75) is 309 Å². The highest BCUT2D eigenvalue weighted by Crippen LogP contribution is 2.16. The van der Waals surface area contributed by atoms with Gasteiger partial charge in [-0.1, -0.05) is 267 Å². The molecule has 71 heavy (non-hydrogen) atoms. The summed E-state index contributed by atoms with van der Waals surface area (Å²) >= 11 is 0. The normalized spacial score (nSPS) is 12.5. The molecule has 1 atom stereocenters. The number of rotatable bonds is 55. The Morgan fingerprint density at radius 1 is 0.296 bits per heavy atom. The van der Waals surface area contributed by atoms with Crippen LogP contribution in [-0.4, -0.2) is 37.2 Å². The summed E-state index contributed by atoms with van der Waals surface area (Å²) in [5.74, 6) is -0.882. The van der Waals surface area contributed by atoms with Crippen LogP contribution in [0.25, 0.3) is 0 Å². The SMILES string of the molecule is CC/C=C\C/C=C\C/C=C\C/C=C\C/C=C\CCCCCCCCCC(=O)OCC(COC(=O)CCCCCCCCCCCCCC)OC(=O)CCCCCCCCC/C=C\CCCCCCCCC. The van der Waals surface area contributed by atoms with Crippen molar-refractivity contribution in [2.24, 2.45) is 0 Å². The van der Waals surface area contributed by atoms with Crippen molar-refractivity contribution in [2.75, 3.05) is 13.2 Å². The third-order valence-electron chi connectivity index (χ3n) is 13.2. The van der Waals surface area contributed by atoms with E-state index >= 15 is 0 Å². The largest absolute Gasteiger partial charge is 0.462 e. The van der Waals surface area contributed by atoms with Crippen molar-refractivity contribution in [3.63, 3.8) is 0 Å². The maximum Gasteiger partial charge on any atom is 0.306 e. The van der Waals surface area contributed by atoms with E-state index < -0.39 is 6.10 Å². The predicted molar refractivity (Wildman–Crippen MR) is 307 cm³/mol. The van der Waals surface area contributed by atoms with Crippen LogP contribution in [0.15, 0.2) is 72.9 Å². The van der Waals surface area contributed by atoms with Crippen LogP contribution in [0.5, 0.6) is 0 Å². The molecule has 0 saturated carbocycles. The summed E-state index contributed by atoms with van der Waals surface area (Å²) < 4.78 is 16.9. The van der Waals surface area contributed by atoms with Gasteiger partial charge in [0.1, 0.15) is 13.2 Å². The molecule has 0 amide bonds. The molecule has 0 spiro atoms. The lowest BCUT2D eigenvalue weighted by Crippen LogP contribution is -2.30. The zero-order valence-corrected chi connectivity index (χ0v) is 47.0. The van der Waals surface area contributed by atoms with Gasteiger partial charge in [0, 0.05) is 19.3 Å². The van der Waals surface area contributed by atoms with Crippen molar-refractivity contribution in [1.82, 2.24) is 0 Å². The van der Waals surface area contributed by atoms with E-state index in [0.717, 1.165) is 96.3 Å². The Labute approximate surface area is 440 Å². The van der Waals surface area contributed by atoms with E-state index in [1.165, 1.54) is 167 Å². The number of hydrogen-bond acceptors (Lipinski definition) is 6. The van der Waals surface area contributed by atoms with Crippen molar-refractivity contribution in [3.8, 4) is 0 Å². The number of carbonyl (C=O) groups is 3. The van der Waals surface area contributed by atoms with Crippen molar-refractivity contribution in [3.05, 3.63) is 72.9 Å². The first-order chi connectivity index (χ1) is 35.0. The summed E-state index contributed by atoms with van der Waals surface area (Å²) in [6.45, 7) is 6.54. The van der Waals surface area contributed by atoms with E-state index in [-0.39, 0.29) is 31.1 Å². The van der Waals surface area contributed by atoms with Crippen LogP contribution in [0.3, 0.4) is 0 Å². The molecule has 0 rings (SSSR count). The van der Waals surface area contributed by atoms with Gasteiger partial charge in [-0.05, 0) is 89.9 Å². The first kappa shape index (κ1) is 67.8. The van der Waals surface area contributed by atoms with Crippen molar-refractivity contribution in [1.29, 1.82) is 0 Å². The first-order valence-corrected chi connectivity index (χ1v) is 30.4. The van der Waals surface area contributed by atoms with E-state index in [2.05, 4.69) is 93.7 Å². The van der Waals surface area contributed by atoms with Crippen molar-refractivity contribution >= 4 is 17.9 Å². The molecule has 1 unspecified atom stereocenters. The van der Waals surface area contributed by atoms with Gasteiger partial charge in [-0.3, -0.25) is 14.4 Å². The molecule has 0 aliphatic carbocycles. The standard InChI is InChI=1S/C65H114O6/c1-4-7-10-13-16-19-22-25-27-29-31-32-33-34-35-37-38-40-43-46-49-52-55-58-64(67)70-61-62(60-69-63(66)57-54-51-48-45-42-24-21-18-15-12-9-6-3)71-65(68)59-56-53-50-47-44-41-39-36-30-28-26-23-20-17-14-11-8-5-2/h7,10,16,19,25,27-28,30-32,34-35,62H,4-6,8-9,11-15,17-18,20-24,26,29,33,36-61H2,1-3H3/b10-7-,19-16-,27-25-,30-28-,32-31-,35-34-. The fourth-order valence-electron chi connectivity index (χ4n) is 8.64. The van der Waals surface area contributed by atoms with E-state index in [9.17, 15) is 14.4 Å². The van der Waals surface area contributed by atoms with Gasteiger partial charge < -0.3 is 14.2 Å². The van der Waals surface area contributed by atoms with Crippen LogP contribution in [0.4, 0.5) is 0 Å². The quantitative estimate of drug-likeness (QED) is 0.0261. The second kappa shape index (κ2) is 59.4. The summed E-state index contributed by atoms with van der Waals surface area (Å²) in [5.41, 5.74) is 0. The lowest BCUT2D eigenvalue weighted by Gasteiger charge is -2.18. The van der Waals surface area contributed by atoms with E-state index in [4.69, 9.17) is 14.2 Å². The van der Waals surface area contributed by atoms with Crippen molar-refractivity contribution < 1.29 is 28.6 Å². The number of esters is 3. The highest BCUT2D eigenvalue weighted by atomic mass is 16.6. The van der Waals surface area contributed by atoms with Crippen LogP contribution >= 0.6 is 0 Å². The first-order valence-electron chi connectivity index (χ1n) is 30.4. The van der Waals surface area contributed by atoms with Crippen LogP contribution in [0.1, 0.15) is 303 Å². The third kappa shape index (κ3) is 57.6. The molecule has 0 aliphatic heterocycles. The summed E-state index contributed by atoms with van der Waals surface area (Å²) in [6.07, 6.45) is 76.1. The molecule has 0 aliphatic rings. The number of allylic oxidation sites excluding steroid dienone is 12. The fraction of sp³-hybridized carbons (Fsp3) is 0.769. The highest BCUT2D eigenvalue weighted by Gasteiger charge is 2.19. The molecule has 0 aromatic carbocycles. The molecule has 410 valence electrons. The third-order valence-corrected chi connectivity index (χ3v) is 13.2. The zero-order valence-electron chi connectivity index (χ0n) is 47.0.